The summed E-state index contributed by atoms with van der Waals surface area (Å²) < 4.78 is 0. The third-order valence-electron chi connectivity index (χ3n) is 3.46. The standard InChI is InChI=1S/C13H26N2O.ClH/c1-4-6-12-7-5-8-15(10-12)13(16)11(2)9-14-3;/h11-12,14H,4-10H2,1-3H3;1H. The lowest BCUT2D eigenvalue weighted by Crippen LogP contribution is -2.44. The van der Waals surface area contributed by atoms with Crippen LogP contribution in [-0.4, -0.2) is 37.5 Å². The molecule has 2 atom stereocenters. The van der Waals surface area contributed by atoms with Crippen LogP contribution in [0.15, 0.2) is 0 Å². The van der Waals surface area contributed by atoms with Crippen molar-refractivity contribution in [2.45, 2.75) is 39.5 Å². The zero-order valence-electron chi connectivity index (χ0n) is 11.4. The molecule has 1 fully saturated rings. The van der Waals surface area contributed by atoms with Gasteiger partial charge in [-0.15, -0.1) is 12.4 Å². The first-order valence-corrected chi connectivity index (χ1v) is 6.62. The zero-order valence-corrected chi connectivity index (χ0v) is 12.2. The van der Waals surface area contributed by atoms with E-state index in [1.165, 1.54) is 25.7 Å². The van der Waals surface area contributed by atoms with Gasteiger partial charge in [0, 0.05) is 25.6 Å². The molecular weight excluding hydrogens is 236 g/mol. The van der Waals surface area contributed by atoms with Crippen LogP contribution in [0.5, 0.6) is 0 Å². The lowest BCUT2D eigenvalue weighted by atomic mass is 9.93. The van der Waals surface area contributed by atoms with E-state index < -0.39 is 0 Å². The van der Waals surface area contributed by atoms with Gasteiger partial charge in [-0.05, 0) is 32.2 Å². The number of nitrogens with one attached hydrogen (secondary N) is 1. The van der Waals surface area contributed by atoms with Crippen LogP contribution >= 0.6 is 12.4 Å². The molecule has 1 aliphatic heterocycles. The molecule has 1 heterocycles. The highest BCUT2D eigenvalue weighted by molar-refractivity contribution is 5.85. The fourth-order valence-corrected chi connectivity index (χ4v) is 2.61. The number of amides is 1. The molecule has 0 aromatic rings. The maximum Gasteiger partial charge on any atom is 0.226 e. The number of likely N-dealkylation sites (tertiary alicyclic amines) is 1. The fourth-order valence-electron chi connectivity index (χ4n) is 2.61. The second kappa shape index (κ2) is 8.76. The van der Waals surface area contributed by atoms with Gasteiger partial charge in [-0.1, -0.05) is 20.3 Å². The molecule has 0 aliphatic carbocycles. The Kier molecular flexibility index (Phi) is 8.61. The normalized spacial score (nSPS) is 21.8. The Bertz CT molecular complexity index is 221. The molecule has 102 valence electrons. The number of hydrogen-bond acceptors (Lipinski definition) is 2. The van der Waals surface area contributed by atoms with Gasteiger partial charge in [0.25, 0.3) is 0 Å². The molecule has 1 amide bonds. The van der Waals surface area contributed by atoms with Gasteiger partial charge in [0.05, 0.1) is 0 Å². The Morgan fingerprint density at radius 1 is 1.53 bits per heavy atom. The fraction of sp³-hybridized carbons (Fsp3) is 0.923. The molecular formula is C13H27ClN2O. The monoisotopic (exact) mass is 262 g/mol. The number of halogens is 1. The minimum absolute atomic E-state index is 0. The molecule has 17 heavy (non-hydrogen) atoms. The zero-order chi connectivity index (χ0) is 12.0. The largest absolute Gasteiger partial charge is 0.342 e. The first-order chi connectivity index (χ1) is 7.69. The van der Waals surface area contributed by atoms with Gasteiger partial charge in [0.1, 0.15) is 0 Å². The summed E-state index contributed by atoms with van der Waals surface area (Å²) in [5, 5.41) is 3.08. The van der Waals surface area contributed by atoms with Crippen LogP contribution in [-0.2, 0) is 4.79 Å². The highest BCUT2D eigenvalue weighted by atomic mass is 35.5. The van der Waals surface area contributed by atoms with Crippen molar-refractivity contribution in [2.75, 3.05) is 26.7 Å². The Morgan fingerprint density at radius 2 is 2.24 bits per heavy atom. The van der Waals surface area contributed by atoms with Crippen molar-refractivity contribution in [1.82, 2.24) is 10.2 Å². The molecule has 1 N–H and O–H groups in total. The van der Waals surface area contributed by atoms with Gasteiger partial charge >= 0.3 is 0 Å². The third-order valence-corrected chi connectivity index (χ3v) is 3.46. The average molecular weight is 263 g/mol. The van der Waals surface area contributed by atoms with Gasteiger partial charge in [-0.3, -0.25) is 4.79 Å². The van der Waals surface area contributed by atoms with E-state index >= 15 is 0 Å². The maximum absolute atomic E-state index is 12.1. The first kappa shape index (κ1) is 16.7. The summed E-state index contributed by atoms with van der Waals surface area (Å²) in [4.78, 5) is 14.2. The highest BCUT2D eigenvalue weighted by Crippen LogP contribution is 2.21. The van der Waals surface area contributed by atoms with Gasteiger partial charge in [-0.25, -0.2) is 0 Å². The number of carbonyl (C=O) groups excluding carboxylic acids is 1. The smallest absolute Gasteiger partial charge is 0.226 e. The predicted octanol–water partition coefficient (Wildman–Crippen LogP) is 2.30. The summed E-state index contributed by atoms with van der Waals surface area (Å²) in [7, 11) is 1.90. The van der Waals surface area contributed by atoms with E-state index in [4.69, 9.17) is 0 Å². The van der Waals surface area contributed by atoms with Crippen LogP contribution in [0.3, 0.4) is 0 Å². The number of hydrogen-bond donors (Lipinski definition) is 1. The van der Waals surface area contributed by atoms with Gasteiger partial charge in [-0.2, -0.15) is 0 Å². The van der Waals surface area contributed by atoms with Gasteiger partial charge < -0.3 is 10.2 Å². The van der Waals surface area contributed by atoms with E-state index in [1.54, 1.807) is 0 Å². The Morgan fingerprint density at radius 3 is 2.82 bits per heavy atom. The summed E-state index contributed by atoms with van der Waals surface area (Å²) >= 11 is 0. The summed E-state index contributed by atoms with van der Waals surface area (Å²) in [6.45, 7) is 6.98. The molecule has 1 rings (SSSR count). The topological polar surface area (TPSA) is 32.3 Å². The number of nitrogens with zero attached hydrogens (tertiary/aromatic N) is 1. The summed E-state index contributed by atoms with van der Waals surface area (Å²) in [6, 6.07) is 0. The molecule has 0 bridgehead atoms. The van der Waals surface area contributed by atoms with Crippen molar-refractivity contribution in [3.63, 3.8) is 0 Å². The molecule has 0 aromatic carbocycles. The van der Waals surface area contributed by atoms with Crippen molar-refractivity contribution < 1.29 is 4.79 Å². The van der Waals surface area contributed by atoms with E-state index in [-0.39, 0.29) is 18.3 Å². The van der Waals surface area contributed by atoms with Crippen LogP contribution in [0.1, 0.15) is 39.5 Å². The highest BCUT2D eigenvalue weighted by Gasteiger charge is 2.25. The minimum atomic E-state index is 0. The molecule has 0 aromatic heterocycles. The van der Waals surface area contributed by atoms with Gasteiger partial charge in [0.15, 0.2) is 0 Å². The van der Waals surface area contributed by atoms with Crippen molar-refractivity contribution in [3.8, 4) is 0 Å². The maximum atomic E-state index is 12.1. The van der Waals surface area contributed by atoms with E-state index in [9.17, 15) is 4.79 Å². The predicted molar refractivity (Wildman–Crippen MR) is 74.6 cm³/mol. The van der Waals surface area contributed by atoms with Crippen LogP contribution in [0.25, 0.3) is 0 Å². The molecule has 3 nitrogen and oxygen atoms in total. The molecule has 0 saturated carbocycles. The quantitative estimate of drug-likeness (QED) is 0.825. The van der Waals surface area contributed by atoms with Crippen LogP contribution in [0.4, 0.5) is 0 Å². The lowest BCUT2D eigenvalue weighted by molar-refractivity contribution is -0.136. The molecule has 2 unspecified atom stereocenters. The lowest BCUT2D eigenvalue weighted by Gasteiger charge is -2.34. The van der Waals surface area contributed by atoms with Crippen molar-refractivity contribution >= 4 is 18.3 Å². The second-order valence-corrected chi connectivity index (χ2v) is 5.04. The van der Waals surface area contributed by atoms with Crippen LogP contribution in [0.2, 0.25) is 0 Å². The summed E-state index contributed by atoms with van der Waals surface area (Å²) in [6.07, 6.45) is 4.99. The van der Waals surface area contributed by atoms with Crippen molar-refractivity contribution in [2.24, 2.45) is 11.8 Å². The molecule has 0 spiro atoms. The number of carbonyl (C=O) groups is 1. The average Bonchev–Trinajstić information content (AvgIpc) is 2.29. The van der Waals surface area contributed by atoms with E-state index in [2.05, 4.69) is 17.1 Å². The number of piperidine rings is 1. The minimum Gasteiger partial charge on any atom is -0.342 e. The number of rotatable bonds is 5. The Labute approximate surface area is 112 Å². The van der Waals surface area contributed by atoms with E-state index in [1.807, 2.05) is 14.0 Å². The van der Waals surface area contributed by atoms with Gasteiger partial charge in [0.2, 0.25) is 5.91 Å². The van der Waals surface area contributed by atoms with E-state index in [0.717, 1.165) is 25.6 Å². The van der Waals surface area contributed by atoms with Crippen LogP contribution < -0.4 is 5.32 Å². The molecule has 0 radical (unpaired) electrons. The summed E-state index contributed by atoms with van der Waals surface area (Å²) in [5.74, 6) is 1.19. The van der Waals surface area contributed by atoms with Crippen molar-refractivity contribution in [1.29, 1.82) is 0 Å². The Hall–Kier alpha value is -0.280. The Balaban J connectivity index is 0.00000256. The second-order valence-electron chi connectivity index (χ2n) is 5.04. The molecule has 1 saturated heterocycles. The third kappa shape index (κ3) is 5.26. The summed E-state index contributed by atoms with van der Waals surface area (Å²) in [5.41, 5.74) is 0. The molecule has 1 aliphatic rings. The van der Waals surface area contributed by atoms with Crippen molar-refractivity contribution in [3.05, 3.63) is 0 Å². The van der Waals surface area contributed by atoms with Crippen LogP contribution in [0, 0.1) is 11.8 Å². The molecule has 4 heteroatoms. The SMILES string of the molecule is CCCC1CCCN(C(=O)C(C)CNC)C1.Cl. The first-order valence-electron chi connectivity index (χ1n) is 6.62. The van der Waals surface area contributed by atoms with E-state index in [0.29, 0.717) is 5.91 Å².